The molecule has 0 N–H and O–H groups in total. The molecule has 0 aromatic carbocycles. The maximum Gasteiger partial charge on any atom is 0.351 e. The Morgan fingerprint density at radius 2 is 1.90 bits per heavy atom. The van der Waals surface area contributed by atoms with Gasteiger partial charge in [0.25, 0.3) is 0 Å². The summed E-state index contributed by atoms with van der Waals surface area (Å²) in [5, 5.41) is 0. The standard InChI is InChI=1S/C7H13BO2/c1-6(9)5-7(2)10-8(3)4/h5H,1-4H3/b7-5+. The molecule has 0 fully saturated rings. The van der Waals surface area contributed by atoms with Crippen molar-refractivity contribution < 1.29 is 9.45 Å². The molecule has 10 heavy (non-hydrogen) atoms. The van der Waals surface area contributed by atoms with Gasteiger partial charge in [0.05, 0.1) is 5.76 Å². The molecule has 0 aliphatic rings. The van der Waals surface area contributed by atoms with Gasteiger partial charge in [-0.2, -0.15) is 0 Å². The topological polar surface area (TPSA) is 26.3 Å². The average molecular weight is 140 g/mol. The Morgan fingerprint density at radius 1 is 1.40 bits per heavy atom. The predicted octanol–water partition coefficient (Wildman–Crippen LogP) is 1.75. The van der Waals surface area contributed by atoms with Crippen LogP contribution in [0.4, 0.5) is 0 Å². The van der Waals surface area contributed by atoms with E-state index in [4.69, 9.17) is 4.65 Å². The number of allylic oxidation sites excluding steroid dienone is 2. The van der Waals surface area contributed by atoms with Gasteiger partial charge in [-0.15, -0.1) is 0 Å². The monoisotopic (exact) mass is 140 g/mol. The molecular weight excluding hydrogens is 127 g/mol. The number of ketones is 1. The Hall–Kier alpha value is -0.725. The fourth-order valence-corrected chi connectivity index (χ4v) is 0.692. The highest BCUT2D eigenvalue weighted by atomic mass is 16.4. The molecular formula is C7H13BO2. The summed E-state index contributed by atoms with van der Waals surface area (Å²) in [6.07, 6.45) is 1.49. The molecule has 0 rings (SSSR count). The first-order valence-corrected chi connectivity index (χ1v) is 3.38. The van der Waals surface area contributed by atoms with Gasteiger partial charge in [0, 0.05) is 6.08 Å². The summed E-state index contributed by atoms with van der Waals surface area (Å²) in [7, 11) is 0. The molecule has 3 heteroatoms. The Kier molecular flexibility index (Phi) is 3.85. The number of rotatable bonds is 3. The molecule has 0 aromatic heterocycles. The quantitative estimate of drug-likeness (QED) is 0.339. The van der Waals surface area contributed by atoms with Crippen LogP contribution in [0.15, 0.2) is 11.8 Å². The van der Waals surface area contributed by atoms with Gasteiger partial charge in [-0.1, -0.05) is 0 Å². The van der Waals surface area contributed by atoms with E-state index in [0.717, 1.165) is 0 Å². The normalized spacial score (nSPS) is 11.0. The lowest BCUT2D eigenvalue weighted by molar-refractivity contribution is -0.112. The molecule has 0 bridgehead atoms. The molecule has 0 unspecified atom stereocenters. The predicted molar refractivity (Wildman–Crippen MR) is 43.0 cm³/mol. The molecule has 0 aliphatic carbocycles. The maximum absolute atomic E-state index is 10.5. The van der Waals surface area contributed by atoms with Crippen LogP contribution in [-0.2, 0) is 9.45 Å². The molecule has 2 nitrogen and oxygen atoms in total. The van der Waals surface area contributed by atoms with Gasteiger partial charge in [-0.05, 0) is 27.5 Å². The van der Waals surface area contributed by atoms with Crippen molar-refractivity contribution in [2.24, 2.45) is 0 Å². The van der Waals surface area contributed by atoms with E-state index in [9.17, 15) is 4.79 Å². The average Bonchev–Trinajstić information content (AvgIpc) is 1.58. The van der Waals surface area contributed by atoms with Crippen LogP contribution in [0, 0.1) is 0 Å². The third-order valence-corrected chi connectivity index (χ3v) is 0.828. The molecule has 0 saturated carbocycles. The zero-order chi connectivity index (χ0) is 8.15. The Labute approximate surface area is 62.4 Å². The minimum atomic E-state index is 0.0261. The van der Waals surface area contributed by atoms with Crippen molar-refractivity contribution in [1.82, 2.24) is 0 Å². The minimum Gasteiger partial charge on any atom is -0.564 e. The van der Waals surface area contributed by atoms with Gasteiger partial charge in [0.15, 0.2) is 5.78 Å². The fraction of sp³-hybridized carbons (Fsp3) is 0.571. The van der Waals surface area contributed by atoms with Crippen molar-refractivity contribution in [2.75, 3.05) is 0 Å². The lowest BCUT2D eigenvalue weighted by Crippen LogP contribution is -2.06. The summed E-state index contributed by atoms with van der Waals surface area (Å²) < 4.78 is 5.20. The summed E-state index contributed by atoms with van der Waals surface area (Å²) in [6.45, 7) is 7.29. The first-order chi connectivity index (χ1) is 4.52. The van der Waals surface area contributed by atoms with Crippen molar-refractivity contribution in [2.45, 2.75) is 27.5 Å². The Morgan fingerprint density at radius 3 is 2.20 bits per heavy atom. The molecule has 56 valence electrons. The smallest absolute Gasteiger partial charge is 0.351 e. The molecule has 0 aromatic rings. The third-order valence-electron chi connectivity index (χ3n) is 0.828. The molecule has 0 atom stereocenters. The fourth-order valence-electron chi connectivity index (χ4n) is 0.692. The summed E-state index contributed by atoms with van der Waals surface area (Å²) in [5.41, 5.74) is 0. The van der Waals surface area contributed by atoms with Crippen molar-refractivity contribution in [3.63, 3.8) is 0 Å². The second kappa shape index (κ2) is 4.15. The largest absolute Gasteiger partial charge is 0.564 e. The summed E-state index contributed by atoms with van der Waals surface area (Å²) in [5.74, 6) is 0.709. The Balaban J connectivity index is 3.83. The van der Waals surface area contributed by atoms with Crippen LogP contribution < -0.4 is 0 Å². The number of carbonyl (C=O) groups excluding carboxylic acids is 1. The second-order valence-corrected chi connectivity index (χ2v) is 2.53. The number of hydrogen-bond acceptors (Lipinski definition) is 2. The van der Waals surface area contributed by atoms with Crippen LogP contribution >= 0.6 is 0 Å². The van der Waals surface area contributed by atoms with Crippen molar-refractivity contribution in [3.05, 3.63) is 11.8 Å². The van der Waals surface area contributed by atoms with E-state index in [2.05, 4.69) is 0 Å². The van der Waals surface area contributed by atoms with E-state index in [1.807, 2.05) is 13.6 Å². The van der Waals surface area contributed by atoms with Crippen molar-refractivity contribution in [3.8, 4) is 0 Å². The van der Waals surface area contributed by atoms with E-state index >= 15 is 0 Å². The number of hydrogen-bond donors (Lipinski definition) is 0. The molecule has 0 radical (unpaired) electrons. The first-order valence-electron chi connectivity index (χ1n) is 3.38. The van der Waals surface area contributed by atoms with E-state index < -0.39 is 0 Å². The first kappa shape index (κ1) is 9.27. The molecule has 0 heterocycles. The Bertz CT molecular complexity index is 150. The van der Waals surface area contributed by atoms with E-state index in [1.165, 1.54) is 13.0 Å². The zero-order valence-electron chi connectivity index (χ0n) is 6.97. The lowest BCUT2D eigenvalue weighted by Gasteiger charge is -2.05. The van der Waals surface area contributed by atoms with Crippen molar-refractivity contribution >= 4 is 12.7 Å². The zero-order valence-corrected chi connectivity index (χ0v) is 6.97. The lowest BCUT2D eigenvalue weighted by atomic mass is 9.75. The van der Waals surface area contributed by atoms with Crippen LogP contribution in [-0.4, -0.2) is 12.7 Å². The molecule has 0 spiro atoms. The molecule has 0 aliphatic heterocycles. The number of carbonyl (C=O) groups is 1. The van der Waals surface area contributed by atoms with Crippen LogP contribution in [0.25, 0.3) is 0 Å². The van der Waals surface area contributed by atoms with Crippen molar-refractivity contribution in [1.29, 1.82) is 0 Å². The van der Waals surface area contributed by atoms with Crippen LogP contribution in [0.5, 0.6) is 0 Å². The van der Waals surface area contributed by atoms with Gasteiger partial charge < -0.3 is 4.65 Å². The maximum atomic E-state index is 10.5. The highest BCUT2D eigenvalue weighted by Crippen LogP contribution is 1.97. The third kappa shape index (κ3) is 5.41. The summed E-state index contributed by atoms with van der Waals surface area (Å²) in [4.78, 5) is 10.5. The second-order valence-electron chi connectivity index (χ2n) is 2.53. The summed E-state index contributed by atoms with van der Waals surface area (Å²) in [6, 6.07) is 0. The highest BCUT2D eigenvalue weighted by Gasteiger charge is 2.00. The molecule has 0 amide bonds. The van der Waals surface area contributed by atoms with Gasteiger partial charge in [-0.25, -0.2) is 0 Å². The van der Waals surface area contributed by atoms with Gasteiger partial charge in [0.2, 0.25) is 0 Å². The summed E-state index contributed by atoms with van der Waals surface area (Å²) >= 11 is 0. The van der Waals surface area contributed by atoms with Gasteiger partial charge in [0.1, 0.15) is 0 Å². The SMILES string of the molecule is CB(C)O/C(C)=C/C(C)=O. The van der Waals surface area contributed by atoms with Crippen LogP contribution in [0.2, 0.25) is 13.6 Å². The molecule has 0 saturated heterocycles. The van der Waals surface area contributed by atoms with Crippen LogP contribution in [0.1, 0.15) is 13.8 Å². The highest BCUT2D eigenvalue weighted by molar-refractivity contribution is 6.48. The van der Waals surface area contributed by atoms with E-state index in [0.29, 0.717) is 5.76 Å². The van der Waals surface area contributed by atoms with Crippen LogP contribution in [0.3, 0.4) is 0 Å². The van der Waals surface area contributed by atoms with Gasteiger partial charge >= 0.3 is 6.92 Å². The van der Waals surface area contributed by atoms with E-state index in [-0.39, 0.29) is 12.7 Å². The van der Waals surface area contributed by atoms with E-state index in [1.54, 1.807) is 6.92 Å². The van der Waals surface area contributed by atoms with Gasteiger partial charge in [-0.3, -0.25) is 4.79 Å². The minimum absolute atomic E-state index is 0.0261.